The third-order valence-electron chi connectivity index (χ3n) is 3.64. The maximum Gasteiger partial charge on any atom is 0.418 e. The number of hydrogen-bond donors (Lipinski definition) is 1. The normalized spacial score (nSPS) is 15.1. The van der Waals surface area contributed by atoms with Crippen LogP contribution in [0.2, 0.25) is 0 Å². The summed E-state index contributed by atoms with van der Waals surface area (Å²) in [7, 11) is 0. The average Bonchev–Trinajstić information content (AvgIpc) is 2.56. The number of urea groups is 1. The van der Waals surface area contributed by atoms with Gasteiger partial charge in [0, 0.05) is 26.2 Å². The summed E-state index contributed by atoms with van der Waals surface area (Å²) in [5, 5.41) is 1.98. The molecule has 1 N–H and O–H groups in total. The van der Waals surface area contributed by atoms with Gasteiger partial charge in [-0.05, 0) is 19.1 Å². The van der Waals surface area contributed by atoms with Crippen molar-refractivity contribution >= 4 is 17.8 Å². The Hall–Kier alpha value is -2.52. The number of hydrogen-bond acceptors (Lipinski definition) is 3. The van der Waals surface area contributed by atoms with Gasteiger partial charge in [-0.3, -0.25) is 0 Å². The predicted molar refractivity (Wildman–Crippen MR) is 80.6 cm³/mol. The van der Waals surface area contributed by atoms with Crippen molar-refractivity contribution in [1.82, 2.24) is 9.80 Å². The SMILES string of the molecule is CCOC(=O)N1CCN(C(=O)Nc2c(F)cccc2C(F)(F)F)CC1. The molecule has 10 heteroatoms. The molecule has 138 valence electrons. The van der Waals surface area contributed by atoms with E-state index in [0.29, 0.717) is 6.07 Å². The first-order valence-corrected chi connectivity index (χ1v) is 7.57. The second-order valence-electron chi connectivity index (χ2n) is 5.26. The lowest BCUT2D eigenvalue weighted by Crippen LogP contribution is -2.51. The number of amides is 3. The molecule has 3 amide bonds. The van der Waals surface area contributed by atoms with E-state index in [9.17, 15) is 27.2 Å². The van der Waals surface area contributed by atoms with Gasteiger partial charge in [0.05, 0.1) is 17.9 Å². The van der Waals surface area contributed by atoms with Crippen LogP contribution in [0, 0.1) is 5.82 Å². The summed E-state index contributed by atoms with van der Waals surface area (Å²) in [4.78, 5) is 26.3. The maximum absolute atomic E-state index is 13.8. The molecule has 0 aromatic heterocycles. The number of nitrogens with one attached hydrogen (secondary N) is 1. The summed E-state index contributed by atoms with van der Waals surface area (Å²) >= 11 is 0. The van der Waals surface area contributed by atoms with Crippen LogP contribution in [0.5, 0.6) is 0 Å². The van der Waals surface area contributed by atoms with Gasteiger partial charge < -0.3 is 19.9 Å². The van der Waals surface area contributed by atoms with Crippen LogP contribution in [0.4, 0.5) is 32.8 Å². The van der Waals surface area contributed by atoms with Gasteiger partial charge in [-0.25, -0.2) is 14.0 Å². The van der Waals surface area contributed by atoms with E-state index in [2.05, 4.69) is 0 Å². The molecular formula is C15H17F4N3O3. The molecule has 0 saturated carbocycles. The van der Waals surface area contributed by atoms with E-state index in [-0.39, 0.29) is 32.8 Å². The highest BCUT2D eigenvalue weighted by molar-refractivity contribution is 5.90. The lowest BCUT2D eigenvalue weighted by atomic mass is 10.1. The highest BCUT2D eigenvalue weighted by Gasteiger charge is 2.36. The van der Waals surface area contributed by atoms with Crippen LogP contribution < -0.4 is 5.32 Å². The van der Waals surface area contributed by atoms with Crippen molar-refractivity contribution in [2.75, 3.05) is 38.1 Å². The Kier molecular flexibility index (Phi) is 5.70. The molecule has 0 radical (unpaired) electrons. The average molecular weight is 363 g/mol. The third kappa shape index (κ3) is 4.52. The molecule has 0 unspecified atom stereocenters. The largest absolute Gasteiger partial charge is 0.450 e. The molecule has 25 heavy (non-hydrogen) atoms. The molecule has 0 atom stereocenters. The highest BCUT2D eigenvalue weighted by atomic mass is 19.4. The van der Waals surface area contributed by atoms with Gasteiger partial charge in [0.25, 0.3) is 0 Å². The van der Waals surface area contributed by atoms with Crippen molar-refractivity contribution in [1.29, 1.82) is 0 Å². The summed E-state index contributed by atoms with van der Waals surface area (Å²) in [6.45, 7) is 2.42. The monoisotopic (exact) mass is 363 g/mol. The third-order valence-corrected chi connectivity index (χ3v) is 3.64. The molecule has 1 fully saturated rings. The van der Waals surface area contributed by atoms with Crippen molar-refractivity contribution in [3.05, 3.63) is 29.6 Å². The summed E-state index contributed by atoms with van der Waals surface area (Å²) in [5.41, 5.74) is -2.17. The number of carbonyl (C=O) groups is 2. The number of para-hydroxylation sites is 1. The number of carbonyl (C=O) groups excluding carboxylic acids is 2. The van der Waals surface area contributed by atoms with Gasteiger partial charge in [0.15, 0.2) is 0 Å². The summed E-state index contributed by atoms with van der Waals surface area (Å²) in [6, 6.07) is 1.59. The summed E-state index contributed by atoms with van der Waals surface area (Å²) in [6.07, 6.45) is -5.32. The zero-order valence-electron chi connectivity index (χ0n) is 13.4. The minimum atomic E-state index is -4.80. The minimum absolute atomic E-state index is 0.0977. The highest BCUT2D eigenvalue weighted by Crippen LogP contribution is 2.36. The summed E-state index contributed by atoms with van der Waals surface area (Å²) in [5.74, 6) is -1.17. The zero-order chi connectivity index (χ0) is 18.6. The quantitative estimate of drug-likeness (QED) is 0.821. The molecule has 1 saturated heterocycles. The van der Waals surface area contributed by atoms with E-state index in [0.717, 1.165) is 12.1 Å². The smallest absolute Gasteiger partial charge is 0.418 e. The van der Waals surface area contributed by atoms with Crippen LogP contribution in [0.15, 0.2) is 18.2 Å². The fourth-order valence-electron chi connectivity index (χ4n) is 2.38. The van der Waals surface area contributed by atoms with Crippen LogP contribution in [0.3, 0.4) is 0 Å². The van der Waals surface area contributed by atoms with Crippen LogP contribution in [-0.2, 0) is 10.9 Å². The van der Waals surface area contributed by atoms with Crippen molar-refractivity contribution in [2.24, 2.45) is 0 Å². The van der Waals surface area contributed by atoms with Crippen molar-refractivity contribution in [3.8, 4) is 0 Å². The first kappa shape index (κ1) is 18.8. The Labute approximate surface area is 141 Å². The summed E-state index contributed by atoms with van der Waals surface area (Å²) < 4.78 is 57.4. The van der Waals surface area contributed by atoms with Crippen molar-refractivity contribution in [2.45, 2.75) is 13.1 Å². The second kappa shape index (κ2) is 7.58. The van der Waals surface area contributed by atoms with Gasteiger partial charge in [0.1, 0.15) is 5.82 Å². The first-order chi connectivity index (χ1) is 11.7. The number of nitrogens with zero attached hydrogens (tertiary/aromatic N) is 2. The molecule has 1 aromatic carbocycles. The molecule has 1 aromatic rings. The lowest BCUT2D eigenvalue weighted by Gasteiger charge is -2.34. The van der Waals surface area contributed by atoms with Crippen molar-refractivity contribution < 1.29 is 31.9 Å². The van der Waals surface area contributed by atoms with E-state index in [1.807, 2.05) is 5.32 Å². The Morgan fingerprint density at radius 1 is 1.16 bits per heavy atom. The Morgan fingerprint density at radius 3 is 2.32 bits per heavy atom. The maximum atomic E-state index is 13.8. The zero-order valence-corrected chi connectivity index (χ0v) is 13.4. The first-order valence-electron chi connectivity index (χ1n) is 7.57. The number of benzene rings is 1. The van der Waals surface area contributed by atoms with Crippen molar-refractivity contribution in [3.63, 3.8) is 0 Å². The molecule has 1 aliphatic rings. The fourth-order valence-corrected chi connectivity index (χ4v) is 2.38. The van der Waals surface area contributed by atoms with E-state index >= 15 is 0 Å². The Bertz CT molecular complexity index is 643. The number of ether oxygens (including phenoxy) is 1. The van der Waals surface area contributed by atoms with E-state index in [1.165, 1.54) is 9.80 Å². The number of alkyl halides is 3. The molecular weight excluding hydrogens is 346 g/mol. The Balaban J connectivity index is 2.04. The van der Waals surface area contributed by atoms with Crippen LogP contribution in [0.25, 0.3) is 0 Å². The minimum Gasteiger partial charge on any atom is -0.450 e. The van der Waals surface area contributed by atoms with E-state index in [1.54, 1.807) is 6.92 Å². The standard InChI is InChI=1S/C15H17F4N3O3/c1-2-25-14(24)22-8-6-21(7-9-22)13(23)20-12-10(15(17,18)19)4-3-5-11(12)16/h3-5H,2,6-9H2,1H3,(H,20,23). The molecule has 0 aliphatic carbocycles. The number of anilines is 1. The Morgan fingerprint density at radius 2 is 1.76 bits per heavy atom. The van der Waals surface area contributed by atoms with Crippen LogP contribution in [0.1, 0.15) is 12.5 Å². The van der Waals surface area contributed by atoms with Crippen LogP contribution in [-0.4, -0.2) is 54.7 Å². The number of halogens is 4. The number of rotatable bonds is 2. The predicted octanol–water partition coefficient (Wildman–Crippen LogP) is 3.15. The topological polar surface area (TPSA) is 61.9 Å². The lowest BCUT2D eigenvalue weighted by molar-refractivity contribution is -0.137. The molecule has 6 nitrogen and oxygen atoms in total. The fraction of sp³-hybridized carbons (Fsp3) is 0.467. The molecule has 1 aliphatic heterocycles. The second-order valence-corrected chi connectivity index (χ2v) is 5.26. The number of piperazine rings is 1. The van der Waals surface area contributed by atoms with Gasteiger partial charge >= 0.3 is 18.3 Å². The van der Waals surface area contributed by atoms with Gasteiger partial charge in [0.2, 0.25) is 0 Å². The van der Waals surface area contributed by atoms with E-state index in [4.69, 9.17) is 4.74 Å². The van der Waals surface area contributed by atoms with Crippen LogP contribution >= 0.6 is 0 Å². The molecule has 0 spiro atoms. The van der Waals surface area contributed by atoms with Gasteiger partial charge in [-0.2, -0.15) is 13.2 Å². The molecule has 2 rings (SSSR count). The molecule has 0 bridgehead atoms. The molecule has 1 heterocycles. The van der Waals surface area contributed by atoms with Gasteiger partial charge in [-0.1, -0.05) is 6.07 Å². The van der Waals surface area contributed by atoms with E-state index < -0.39 is 35.4 Å². The van der Waals surface area contributed by atoms with Gasteiger partial charge in [-0.15, -0.1) is 0 Å².